The first-order chi connectivity index (χ1) is 8.56. The summed E-state index contributed by atoms with van der Waals surface area (Å²) in [7, 11) is 0. The van der Waals surface area contributed by atoms with Crippen LogP contribution in [0, 0.1) is 11.6 Å². The van der Waals surface area contributed by atoms with Crippen molar-refractivity contribution in [2.75, 3.05) is 0 Å². The molecule has 0 N–H and O–H groups in total. The second-order valence-electron chi connectivity index (χ2n) is 3.60. The maximum atomic E-state index is 13.0. The molecule has 0 bridgehead atoms. The maximum Gasteiger partial charge on any atom is 0.159 e. The average Bonchev–Trinajstić information content (AvgIpc) is 2.32. The molecule has 0 saturated heterocycles. The van der Waals surface area contributed by atoms with Crippen molar-refractivity contribution in [2.24, 2.45) is 0 Å². The quantitative estimate of drug-likeness (QED) is 0.643. The zero-order valence-corrected chi connectivity index (χ0v) is 12.2. The van der Waals surface area contributed by atoms with E-state index in [-0.39, 0.29) is 0 Å². The molecule has 0 nitrogen and oxygen atoms in total. The zero-order chi connectivity index (χ0) is 13.1. The van der Waals surface area contributed by atoms with Crippen LogP contribution in [0.3, 0.4) is 0 Å². The summed E-state index contributed by atoms with van der Waals surface area (Å²) in [5, 5.41) is 0.652. The molecule has 0 aliphatic carbocycles. The fraction of sp³-hybridized carbons (Fsp3) is 0.0769. The summed E-state index contributed by atoms with van der Waals surface area (Å²) in [4.78, 5) is 0.674. The highest BCUT2D eigenvalue weighted by Gasteiger charge is 2.05. The Kier molecular flexibility index (Phi) is 4.65. The van der Waals surface area contributed by atoms with Gasteiger partial charge in [-0.2, -0.15) is 0 Å². The third kappa shape index (κ3) is 3.46. The maximum absolute atomic E-state index is 13.0. The molecule has 0 amide bonds. The van der Waals surface area contributed by atoms with Gasteiger partial charge in [0.25, 0.3) is 0 Å². The number of halogens is 4. The fourth-order valence-electron chi connectivity index (χ4n) is 1.37. The van der Waals surface area contributed by atoms with E-state index in [0.717, 1.165) is 16.1 Å². The Bertz CT molecular complexity index is 575. The van der Waals surface area contributed by atoms with Crippen LogP contribution in [-0.2, 0) is 5.75 Å². The van der Waals surface area contributed by atoms with Crippen LogP contribution in [0.1, 0.15) is 5.56 Å². The predicted molar refractivity (Wildman–Crippen MR) is 75.1 cm³/mol. The molecule has 0 unspecified atom stereocenters. The van der Waals surface area contributed by atoms with Crippen LogP contribution >= 0.6 is 39.3 Å². The molecular weight excluding hydrogens is 342 g/mol. The highest BCUT2D eigenvalue weighted by atomic mass is 79.9. The van der Waals surface area contributed by atoms with E-state index >= 15 is 0 Å². The third-order valence-electron chi connectivity index (χ3n) is 2.30. The molecule has 2 aromatic carbocycles. The first-order valence-electron chi connectivity index (χ1n) is 5.08. The Morgan fingerprint density at radius 1 is 1.06 bits per heavy atom. The summed E-state index contributed by atoms with van der Waals surface area (Å²) >= 11 is 10.8. The molecule has 18 heavy (non-hydrogen) atoms. The van der Waals surface area contributed by atoms with Crippen LogP contribution in [0.2, 0.25) is 5.02 Å². The summed E-state index contributed by atoms with van der Waals surface area (Å²) in [5.41, 5.74) is 0.953. The Morgan fingerprint density at radius 3 is 2.50 bits per heavy atom. The summed E-state index contributed by atoms with van der Waals surface area (Å²) in [6.07, 6.45) is 0. The van der Waals surface area contributed by atoms with Crippen molar-refractivity contribution >= 4 is 39.3 Å². The van der Waals surface area contributed by atoms with E-state index < -0.39 is 11.6 Å². The Balaban J connectivity index is 2.09. The SMILES string of the molecule is Fc1ccc(SCc2ccc(Br)cc2Cl)cc1F. The Morgan fingerprint density at radius 2 is 1.83 bits per heavy atom. The van der Waals surface area contributed by atoms with Gasteiger partial charge >= 0.3 is 0 Å². The Labute approximate surface area is 121 Å². The monoisotopic (exact) mass is 348 g/mol. The molecule has 5 heteroatoms. The number of hydrogen-bond acceptors (Lipinski definition) is 1. The van der Waals surface area contributed by atoms with Crippen LogP contribution < -0.4 is 0 Å². The minimum Gasteiger partial charge on any atom is -0.204 e. The van der Waals surface area contributed by atoms with E-state index in [4.69, 9.17) is 11.6 Å². The lowest BCUT2D eigenvalue weighted by atomic mass is 10.2. The van der Waals surface area contributed by atoms with Gasteiger partial charge in [0.2, 0.25) is 0 Å². The molecule has 0 fully saturated rings. The topological polar surface area (TPSA) is 0 Å². The van der Waals surface area contributed by atoms with E-state index in [9.17, 15) is 8.78 Å². The molecule has 2 rings (SSSR count). The second-order valence-corrected chi connectivity index (χ2v) is 5.97. The molecule has 94 valence electrons. The highest BCUT2D eigenvalue weighted by Crippen LogP contribution is 2.29. The van der Waals surface area contributed by atoms with Gasteiger partial charge in [0, 0.05) is 20.1 Å². The predicted octanol–water partition coefficient (Wildman–Crippen LogP) is 5.67. The van der Waals surface area contributed by atoms with E-state index in [1.165, 1.54) is 17.8 Å². The summed E-state index contributed by atoms with van der Waals surface area (Å²) in [6.45, 7) is 0. The molecule has 0 aliphatic heterocycles. The van der Waals surface area contributed by atoms with Crippen molar-refractivity contribution in [1.29, 1.82) is 0 Å². The standard InChI is InChI=1S/C13H8BrClF2S/c14-9-2-1-8(11(15)5-9)7-18-10-3-4-12(16)13(17)6-10/h1-6H,7H2. The van der Waals surface area contributed by atoms with Crippen molar-refractivity contribution in [3.8, 4) is 0 Å². The molecule has 0 saturated carbocycles. The van der Waals surface area contributed by atoms with Gasteiger partial charge in [-0.05, 0) is 35.9 Å². The van der Waals surface area contributed by atoms with Crippen LogP contribution in [0.25, 0.3) is 0 Å². The summed E-state index contributed by atoms with van der Waals surface area (Å²) < 4.78 is 26.7. The molecule has 2 aromatic rings. The van der Waals surface area contributed by atoms with Gasteiger partial charge in [0.05, 0.1) is 0 Å². The van der Waals surface area contributed by atoms with Crippen molar-refractivity contribution in [3.05, 3.63) is 63.1 Å². The van der Waals surface area contributed by atoms with Gasteiger partial charge in [0.1, 0.15) is 0 Å². The molecule has 0 radical (unpaired) electrons. The first-order valence-corrected chi connectivity index (χ1v) is 7.23. The van der Waals surface area contributed by atoms with Gasteiger partial charge in [-0.1, -0.05) is 33.6 Å². The molecule has 0 spiro atoms. The molecular formula is C13H8BrClF2S. The van der Waals surface area contributed by atoms with Crippen molar-refractivity contribution in [1.82, 2.24) is 0 Å². The molecule has 0 aromatic heterocycles. The largest absolute Gasteiger partial charge is 0.204 e. The van der Waals surface area contributed by atoms with Gasteiger partial charge in [0.15, 0.2) is 11.6 Å². The highest BCUT2D eigenvalue weighted by molar-refractivity contribution is 9.10. The lowest BCUT2D eigenvalue weighted by Gasteiger charge is -2.05. The molecule has 0 aliphatic rings. The van der Waals surface area contributed by atoms with Crippen molar-refractivity contribution < 1.29 is 8.78 Å². The fourth-order valence-corrected chi connectivity index (χ4v) is 3.11. The average molecular weight is 350 g/mol. The van der Waals surface area contributed by atoms with E-state index in [0.29, 0.717) is 15.7 Å². The number of thioether (sulfide) groups is 1. The van der Waals surface area contributed by atoms with E-state index in [1.54, 1.807) is 6.07 Å². The van der Waals surface area contributed by atoms with Gasteiger partial charge < -0.3 is 0 Å². The molecule has 0 heterocycles. The number of rotatable bonds is 3. The van der Waals surface area contributed by atoms with Gasteiger partial charge in [-0.25, -0.2) is 8.78 Å². The number of hydrogen-bond donors (Lipinski definition) is 0. The first kappa shape index (κ1) is 13.8. The van der Waals surface area contributed by atoms with E-state index in [2.05, 4.69) is 15.9 Å². The van der Waals surface area contributed by atoms with Gasteiger partial charge in [-0.3, -0.25) is 0 Å². The molecule has 0 atom stereocenters. The lowest BCUT2D eigenvalue weighted by Crippen LogP contribution is -1.86. The third-order valence-corrected chi connectivity index (χ3v) is 4.19. The lowest BCUT2D eigenvalue weighted by molar-refractivity contribution is 0.506. The van der Waals surface area contributed by atoms with Crippen LogP contribution in [-0.4, -0.2) is 0 Å². The minimum absolute atomic E-state index is 0.608. The number of benzene rings is 2. The minimum atomic E-state index is -0.832. The smallest absolute Gasteiger partial charge is 0.159 e. The van der Waals surface area contributed by atoms with Crippen LogP contribution in [0.5, 0.6) is 0 Å². The zero-order valence-electron chi connectivity index (χ0n) is 9.09. The summed E-state index contributed by atoms with van der Waals surface area (Å²) in [6, 6.07) is 9.47. The van der Waals surface area contributed by atoms with Crippen LogP contribution in [0.15, 0.2) is 45.8 Å². The van der Waals surface area contributed by atoms with Crippen molar-refractivity contribution in [2.45, 2.75) is 10.6 Å². The van der Waals surface area contributed by atoms with Gasteiger partial charge in [-0.15, -0.1) is 11.8 Å². The van der Waals surface area contributed by atoms with Crippen LogP contribution in [0.4, 0.5) is 8.78 Å². The van der Waals surface area contributed by atoms with Crippen molar-refractivity contribution in [3.63, 3.8) is 0 Å². The normalized spacial score (nSPS) is 10.7. The Hall–Kier alpha value is -0.580. The van der Waals surface area contributed by atoms with E-state index in [1.807, 2.05) is 18.2 Å². The second kappa shape index (κ2) is 6.04. The summed E-state index contributed by atoms with van der Waals surface area (Å²) in [5.74, 6) is -1.06.